The maximum Gasteiger partial charge on any atom is 0.326 e. The highest BCUT2D eigenvalue weighted by Crippen LogP contribution is 2.18. The van der Waals surface area contributed by atoms with Crippen molar-refractivity contribution in [2.45, 2.75) is 18.9 Å². The highest BCUT2D eigenvalue weighted by atomic mass is 16.4. The molecular weight excluding hydrogens is 276 g/mol. The smallest absolute Gasteiger partial charge is 0.326 e. The summed E-state index contributed by atoms with van der Waals surface area (Å²) in [5.74, 6) is -3.67. The molecule has 0 aliphatic rings. The molecule has 0 spiro atoms. The van der Waals surface area contributed by atoms with Crippen molar-refractivity contribution in [3.63, 3.8) is 0 Å². The van der Waals surface area contributed by atoms with Gasteiger partial charge in [0.1, 0.15) is 6.04 Å². The maximum atomic E-state index is 12.0. The minimum absolute atomic E-state index is 0.396. The molecule has 1 aromatic carbocycles. The zero-order chi connectivity index (χ0) is 16.3. The monoisotopic (exact) mass is 291 g/mol. The van der Waals surface area contributed by atoms with Crippen LogP contribution < -0.4 is 5.32 Å². The number of para-hydroxylation sites is 1. The molecule has 2 aromatic rings. The van der Waals surface area contributed by atoms with Crippen molar-refractivity contribution in [1.82, 2.24) is 10.3 Å². The third-order valence-electron chi connectivity index (χ3n) is 2.90. The first-order valence-electron chi connectivity index (χ1n) is 6.71. The van der Waals surface area contributed by atoms with Crippen molar-refractivity contribution in [1.29, 1.82) is 0 Å². The van der Waals surface area contributed by atoms with Gasteiger partial charge in [-0.25, -0.2) is 4.79 Å². The van der Waals surface area contributed by atoms with E-state index in [2.05, 4.69) is 10.3 Å². The number of carbonyl (C=O) groups is 3. The lowest BCUT2D eigenvalue weighted by atomic mass is 10.1. The molecular formula is C14H14N2O5. The van der Waals surface area contributed by atoms with Crippen LogP contribution in [-0.4, -0.2) is 39.1 Å². The number of aromatic nitrogens is 1. The first-order chi connectivity index (χ1) is 10.4. The molecule has 0 aliphatic heterocycles. The topological polar surface area (TPSA) is 119 Å². The molecule has 110 valence electrons. The molecule has 2 rings (SSSR count). The Morgan fingerprint density at radius 1 is 1.29 bits per heavy atom. The Balaban J connectivity index is 2.18. The van der Waals surface area contributed by atoms with Crippen LogP contribution in [0.25, 0.3) is 10.9 Å². The zero-order valence-electron chi connectivity index (χ0n) is 11.9. The summed E-state index contributed by atoms with van der Waals surface area (Å²) < 4.78 is 7.96. The van der Waals surface area contributed by atoms with Crippen LogP contribution in [0.15, 0.2) is 30.5 Å². The summed E-state index contributed by atoms with van der Waals surface area (Å²) in [7, 11) is 0. The summed E-state index contributed by atoms with van der Waals surface area (Å²) in [5, 5.41) is 20.3. The molecule has 7 nitrogen and oxygen atoms in total. The number of hydrogen-bond donors (Lipinski definition) is 4. The Kier molecular flexibility index (Phi) is 3.81. The second-order valence-electron chi connectivity index (χ2n) is 4.43. The minimum atomic E-state index is -1.57. The number of H-pyrrole nitrogens is 1. The van der Waals surface area contributed by atoms with Crippen LogP contribution in [-0.2, 0) is 20.8 Å². The average Bonchev–Trinajstić information content (AvgIpc) is 2.89. The van der Waals surface area contributed by atoms with Gasteiger partial charge in [0.05, 0.1) is 12.8 Å². The number of carbonyl (C=O) groups excluding carboxylic acids is 1. The molecule has 21 heavy (non-hydrogen) atoms. The van der Waals surface area contributed by atoms with E-state index in [0.717, 1.165) is 5.52 Å². The third-order valence-corrected chi connectivity index (χ3v) is 2.90. The van der Waals surface area contributed by atoms with Crippen molar-refractivity contribution in [3.8, 4) is 0 Å². The van der Waals surface area contributed by atoms with Gasteiger partial charge < -0.3 is 20.5 Å². The number of fused-ring (bicyclic) bond motifs is 1. The Labute approximate surface area is 121 Å². The quantitative estimate of drug-likeness (QED) is 0.626. The fourth-order valence-electron chi connectivity index (χ4n) is 1.94. The third kappa shape index (κ3) is 3.59. The molecule has 0 radical (unpaired) electrons. The molecule has 0 fully saturated rings. The molecule has 2 atom stereocenters. The van der Waals surface area contributed by atoms with Crippen LogP contribution >= 0.6 is 0 Å². The summed E-state index contributed by atoms with van der Waals surface area (Å²) in [6, 6.07) is 5.52. The van der Waals surface area contributed by atoms with Crippen molar-refractivity contribution in [3.05, 3.63) is 36.0 Å². The summed E-state index contributed by atoms with van der Waals surface area (Å²) >= 11 is 0. The molecule has 7 heteroatoms. The van der Waals surface area contributed by atoms with Crippen LogP contribution in [0.3, 0.4) is 0 Å². The summed E-state index contributed by atoms with van der Waals surface area (Å²) in [6.07, 6.45) is -0.594. The standard InChI is InChI=1S/C14H14N2O5/c17-12(16-11(14(20)21)6-13(18)19)5-8-7-15-10-4-2-1-3-9(8)10/h1-4,7,11,15H,5-6H2,(H,16,17)(H,18,19)(H,20,21)/t11-/m0/s1/i5D/t5?,11-. The second-order valence-corrected chi connectivity index (χ2v) is 4.43. The van der Waals surface area contributed by atoms with Gasteiger partial charge in [-0.05, 0) is 11.6 Å². The SMILES string of the molecule is [2H]C(C(=O)N[C@@H](CC(=O)O)C(=O)O)c1c[nH]c2ccccc12. The molecule has 1 heterocycles. The van der Waals surface area contributed by atoms with Crippen molar-refractivity contribution >= 4 is 28.7 Å². The van der Waals surface area contributed by atoms with Gasteiger partial charge in [0.15, 0.2) is 0 Å². The number of nitrogens with one attached hydrogen (secondary N) is 2. The number of amides is 1. The van der Waals surface area contributed by atoms with Gasteiger partial charge in [-0.3, -0.25) is 9.59 Å². The lowest BCUT2D eigenvalue weighted by Gasteiger charge is -2.12. The van der Waals surface area contributed by atoms with E-state index in [1.54, 1.807) is 24.3 Å². The van der Waals surface area contributed by atoms with Crippen molar-refractivity contribution < 1.29 is 26.0 Å². The predicted octanol–water partition coefficient (Wildman–Crippen LogP) is 0.754. The van der Waals surface area contributed by atoms with E-state index in [4.69, 9.17) is 11.6 Å². The van der Waals surface area contributed by atoms with E-state index in [9.17, 15) is 14.4 Å². The number of carboxylic acids is 2. The predicted molar refractivity (Wildman–Crippen MR) is 73.8 cm³/mol. The number of rotatable bonds is 6. The molecule has 0 saturated carbocycles. The molecule has 0 bridgehead atoms. The van der Waals surface area contributed by atoms with Gasteiger partial charge in [0, 0.05) is 18.5 Å². The normalized spacial score (nSPS) is 14.2. The van der Waals surface area contributed by atoms with E-state index in [1.165, 1.54) is 6.20 Å². The molecule has 0 saturated heterocycles. The number of carboxylic acid groups (broad SMARTS) is 2. The molecule has 1 amide bonds. The van der Waals surface area contributed by atoms with Gasteiger partial charge in [-0.15, -0.1) is 0 Å². The molecule has 0 aliphatic carbocycles. The summed E-state index contributed by atoms with van der Waals surface area (Å²) in [4.78, 5) is 36.5. The fraction of sp³-hybridized carbons (Fsp3) is 0.214. The van der Waals surface area contributed by atoms with Gasteiger partial charge in [0.2, 0.25) is 5.91 Å². The van der Waals surface area contributed by atoms with E-state index in [0.29, 0.717) is 10.9 Å². The largest absolute Gasteiger partial charge is 0.481 e. The Bertz CT molecular complexity index is 727. The zero-order valence-corrected chi connectivity index (χ0v) is 10.9. The van der Waals surface area contributed by atoms with Crippen molar-refractivity contribution in [2.75, 3.05) is 0 Å². The number of benzene rings is 1. The van der Waals surface area contributed by atoms with Crippen molar-refractivity contribution in [2.24, 2.45) is 0 Å². The first kappa shape index (κ1) is 13.2. The maximum absolute atomic E-state index is 12.0. The number of aliphatic carboxylic acids is 2. The van der Waals surface area contributed by atoms with Crippen LogP contribution in [0.4, 0.5) is 0 Å². The van der Waals surface area contributed by atoms with Crippen LogP contribution in [0.5, 0.6) is 0 Å². The van der Waals surface area contributed by atoms with Gasteiger partial charge in [-0.2, -0.15) is 0 Å². The highest BCUT2D eigenvalue weighted by Gasteiger charge is 2.23. The molecule has 1 unspecified atom stereocenters. The van der Waals surface area contributed by atoms with E-state index < -0.39 is 36.7 Å². The van der Waals surface area contributed by atoms with Crippen LogP contribution in [0, 0.1) is 0 Å². The average molecular weight is 291 g/mol. The van der Waals surface area contributed by atoms with Crippen LogP contribution in [0.1, 0.15) is 13.4 Å². The highest BCUT2D eigenvalue weighted by molar-refractivity contribution is 5.91. The summed E-state index contributed by atoms with van der Waals surface area (Å²) in [6.45, 7) is 0. The Morgan fingerprint density at radius 2 is 2.00 bits per heavy atom. The lowest BCUT2D eigenvalue weighted by molar-refractivity contribution is -0.147. The van der Waals surface area contributed by atoms with E-state index in [1.807, 2.05) is 0 Å². The Morgan fingerprint density at radius 3 is 2.67 bits per heavy atom. The van der Waals surface area contributed by atoms with E-state index in [-0.39, 0.29) is 0 Å². The molecule has 4 N–H and O–H groups in total. The Hall–Kier alpha value is -2.83. The van der Waals surface area contributed by atoms with Gasteiger partial charge in [-0.1, -0.05) is 18.2 Å². The lowest BCUT2D eigenvalue weighted by Crippen LogP contribution is -2.42. The first-order valence-corrected chi connectivity index (χ1v) is 6.13. The second kappa shape index (κ2) is 6.08. The number of aromatic amines is 1. The van der Waals surface area contributed by atoms with Gasteiger partial charge in [0.25, 0.3) is 0 Å². The molecule has 1 aromatic heterocycles. The summed E-state index contributed by atoms with van der Waals surface area (Å²) in [5.41, 5.74) is 1.15. The number of hydrogen-bond acceptors (Lipinski definition) is 3. The minimum Gasteiger partial charge on any atom is -0.481 e. The fourth-order valence-corrected chi connectivity index (χ4v) is 1.94. The van der Waals surface area contributed by atoms with Crippen LogP contribution in [0.2, 0.25) is 0 Å². The van der Waals surface area contributed by atoms with Gasteiger partial charge >= 0.3 is 11.9 Å². The van der Waals surface area contributed by atoms with E-state index >= 15 is 0 Å².